The zero-order valence-corrected chi connectivity index (χ0v) is 13.7. The van der Waals surface area contributed by atoms with Crippen molar-refractivity contribution >= 4 is 0 Å². The van der Waals surface area contributed by atoms with Gasteiger partial charge in [-0.3, -0.25) is 0 Å². The minimum Gasteiger partial charge on any atom is -0.381 e. The summed E-state index contributed by atoms with van der Waals surface area (Å²) < 4.78 is 5.56. The predicted molar refractivity (Wildman–Crippen MR) is 85.8 cm³/mol. The standard InChI is InChI=1S/C17H29N3O/c1-4-9-18-10-5-8-16-13(2)19-17(20-14(16)3)15-7-6-11-21-12-15/h15,18H,4-12H2,1-3H3. The van der Waals surface area contributed by atoms with Gasteiger partial charge in [0.15, 0.2) is 0 Å². The molecule has 1 N–H and O–H groups in total. The van der Waals surface area contributed by atoms with Crippen molar-refractivity contribution in [3.8, 4) is 0 Å². The summed E-state index contributed by atoms with van der Waals surface area (Å²) in [6.07, 6.45) is 5.68. The Hall–Kier alpha value is -1.00. The number of ether oxygens (including phenoxy) is 1. The van der Waals surface area contributed by atoms with E-state index in [4.69, 9.17) is 14.7 Å². The number of aryl methyl sites for hydroxylation is 2. The Morgan fingerprint density at radius 3 is 2.57 bits per heavy atom. The molecule has 1 atom stereocenters. The molecule has 1 aliphatic heterocycles. The molecule has 4 nitrogen and oxygen atoms in total. The molecule has 1 aliphatic rings. The summed E-state index contributed by atoms with van der Waals surface area (Å²) in [5.41, 5.74) is 3.63. The number of rotatable bonds is 7. The molecule has 1 saturated heterocycles. The van der Waals surface area contributed by atoms with E-state index in [1.54, 1.807) is 0 Å². The lowest BCUT2D eigenvalue weighted by molar-refractivity contribution is 0.0779. The van der Waals surface area contributed by atoms with Crippen LogP contribution in [-0.2, 0) is 11.2 Å². The van der Waals surface area contributed by atoms with Crippen molar-refractivity contribution in [3.05, 3.63) is 22.8 Å². The zero-order chi connectivity index (χ0) is 15.1. The van der Waals surface area contributed by atoms with Gasteiger partial charge in [-0.15, -0.1) is 0 Å². The summed E-state index contributed by atoms with van der Waals surface area (Å²) in [5, 5.41) is 3.45. The molecule has 1 aromatic heterocycles. The second-order valence-electron chi connectivity index (χ2n) is 6.00. The van der Waals surface area contributed by atoms with E-state index in [2.05, 4.69) is 26.1 Å². The Bertz CT molecular complexity index is 419. The van der Waals surface area contributed by atoms with E-state index >= 15 is 0 Å². The van der Waals surface area contributed by atoms with Gasteiger partial charge in [0.2, 0.25) is 0 Å². The van der Waals surface area contributed by atoms with Crippen LogP contribution < -0.4 is 5.32 Å². The minimum absolute atomic E-state index is 0.386. The molecular formula is C17H29N3O. The third kappa shape index (κ3) is 4.75. The number of nitrogens with one attached hydrogen (secondary N) is 1. The van der Waals surface area contributed by atoms with Gasteiger partial charge in [-0.25, -0.2) is 9.97 Å². The van der Waals surface area contributed by atoms with Gasteiger partial charge in [-0.05, 0) is 64.6 Å². The van der Waals surface area contributed by atoms with Crippen molar-refractivity contribution in [2.24, 2.45) is 0 Å². The molecule has 0 radical (unpaired) electrons. The Morgan fingerprint density at radius 2 is 1.95 bits per heavy atom. The summed E-state index contributed by atoms with van der Waals surface area (Å²) >= 11 is 0. The van der Waals surface area contributed by atoms with Gasteiger partial charge in [-0.2, -0.15) is 0 Å². The molecule has 2 rings (SSSR count). The quantitative estimate of drug-likeness (QED) is 0.785. The molecule has 1 unspecified atom stereocenters. The Balaban J connectivity index is 1.96. The Kier molecular flexibility index (Phi) is 6.58. The van der Waals surface area contributed by atoms with Crippen molar-refractivity contribution in [3.63, 3.8) is 0 Å². The molecular weight excluding hydrogens is 262 g/mol. The van der Waals surface area contributed by atoms with Gasteiger partial charge in [0.05, 0.1) is 6.61 Å². The molecule has 4 heteroatoms. The topological polar surface area (TPSA) is 47.0 Å². The molecule has 1 aromatic rings. The molecule has 0 bridgehead atoms. The van der Waals surface area contributed by atoms with E-state index in [-0.39, 0.29) is 0 Å². The fourth-order valence-electron chi connectivity index (χ4n) is 2.95. The molecule has 0 saturated carbocycles. The van der Waals surface area contributed by atoms with Gasteiger partial charge < -0.3 is 10.1 Å². The molecule has 0 aromatic carbocycles. The number of nitrogens with zero attached hydrogens (tertiary/aromatic N) is 2. The molecule has 1 fully saturated rings. The van der Waals surface area contributed by atoms with Gasteiger partial charge in [0, 0.05) is 23.9 Å². The van der Waals surface area contributed by atoms with E-state index in [0.29, 0.717) is 5.92 Å². The highest BCUT2D eigenvalue weighted by atomic mass is 16.5. The first-order chi connectivity index (χ1) is 10.2. The van der Waals surface area contributed by atoms with Crippen LogP contribution in [0.4, 0.5) is 0 Å². The average Bonchev–Trinajstić information content (AvgIpc) is 2.50. The highest BCUT2D eigenvalue weighted by molar-refractivity contribution is 5.25. The SMILES string of the molecule is CCCNCCCc1c(C)nc(C2CCCOC2)nc1C. The van der Waals surface area contributed by atoms with E-state index in [1.165, 1.54) is 12.0 Å². The summed E-state index contributed by atoms with van der Waals surface area (Å²) in [6.45, 7) is 10.3. The van der Waals surface area contributed by atoms with Gasteiger partial charge in [0.25, 0.3) is 0 Å². The highest BCUT2D eigenvalue weighted by Gasteiger charge is 2.20. The van der Waals surface area contributed by atoms with E-state index in [1.807, 2.05) is 0 Å². The lowest BCUT2D eigenvalue weighted by Crippen LogP contribution is -2.20. The lowest BCUT2D eigenvalue weighted by Gasteiger charge is -2.22. The first-order valence-corrected chi connectivity index (χ1v) is 8.34. The van der Waals surface area contributed by atoms with Crippen LogP contribution >= 0.6 is 0 Å². The van der Waals surface area contributed by atoms with Crippen LogP contribution in [-0.4, -0.2) is 36.3 Å². The third-order valence-electron chi connectivity index (χ3n) is 4.17. The first kappa shape index (κ1) is 16.4. The smallest absolute Gasteiger partial charge is 0.134 e. The van der Waals surface area contributed by atoms with Crippen LogP contribution in [0, 0.1) is 13.8 Å². The van der Waals surface area contributed by atoms with Crippen molar-refractivity contribution in [2.45, 2.75) is 58.8 Å². The maximum Gasteiger partial charge on any atom is 0.134 e. The number of hydrogen-bond donors (Lipinski definition) is 1. The van der Waals surface area contributed by atoms with Gasteiger partial charge in [0.1, 0.15) is 5.82 Å². The molecule has 118 valence electrons. The van der Waals surface area contributed by atoms with E-state index in [0.717, 1.165) is 69.2 Å². The summed E-state index contributed by atoms with van der Waals surface area (Å²) in [5.74, 6) is 1.37. The van der Waals surface area contributed by atoms with Crippen LogP contribution in [0.2, 0.25) is 0 Å². The van der Waals surface area contributed by atoms with Crippen molar-refractivity contribution < 1.29 is 4.74 Å². The van der Waals surface area contributed by atoms with Crippen molar-refractivity contribution in [2.75, 3.05) is 26.3 Å². The molecule has 0 amide bonds. The van der Waals surface area contributed by atoms with Crippen molar-refractivity contribution in [1.29, 1.82) is 0 Å². The maximum atomic E-state index is 5.56. The average molecular weight is 291 g/mol. The Morgan fingerprint density at radius 1 is 1.19 bits per heavy atom. The largest absolute Gasteiger partial charge is 0.381 e. The third-order valence-corrected chi connectivity index (χ3v) is 4.17. The normalized spacial score (nSPS) is 18.9. The maximum absolute atomic E-state index is 5.56. The number of hydrogen-bond acceptors (Lipinski definition) is 4. The first-order valence-electron chi connectivity index (χ1n) is 8.34. The summed E-state index contributed by atoms with van der Waals surface area (Å²) in [7, 11) is 0. The minimum atomic E-state index is 0.386. The highest BCUT2D eigenvalue weighted by Crippen LogP contribution is 2.24. The predicted octanol–water partition coefficient (Wildman–Crippen LogP) is 2.92. The second kappa shape index (κ2) is 8.44. The molecule has 0 aliphatic carbocycles. The second-order valence-corrected chi connectivity index (χ2v) is 6.00. The fourth-order valence-corrected chi connectivity index (χ4v) is 2.95. The van der Waals surface area contributed by atoms with Crippen LogP contribution in [0.25, 0.3) is 0 Å². The van der Waals surface area contributed by atoms with Crippen LogP contribution in [0.3, 0.4) is 0 Å². The zero-order valence-electron chi connectivity index (χ0n) is 13.7. The van der Waals surface area contributed by atoms with E-state index in [9.17, 15) is 0 Å². The van der Waals surface area contributed by atoms with Gasteiger partial charge in [-0.1, -0.05) is 6.92 Å². The van der Waals surface area contributed by atoms with Gasteiger partial charge >= 0.3 is 0 Å². The molecule has 0 spiro atoms. The fraction of sp³-hybridized carbons (Fsp3) is 0.765. The summed E-state index contributed by atoms with van der Waals surface area (Å²) in [4.78, 5) is 9.52. The van der Waals surface area contributed by atoms with Crippen molar-refractivity contribution in [1.82, 2.24) is 15.3 Å². The number of aromatic nitrogens is 2. The van der Waals surface area contributed by atoms with Crippen LogP contribution in [0.5, 0.6) is 0 Å². The van der Waals surface area contributed by atoms with E-state index < -0.39 is 0 Å². The van der Waals surface area contributed by atoms with Crippen LogP contribution in [0.1, 0.15) is 61.3 Å². The summed E-state index contributed by atoms with van der Waals surface area (Å²) in [6, 6.07) is 0. The lowest BCUT2D eigenvalue weighted by atomic mass is 10.00. The Labute approximate surface area is 128 Å². The van der Waals surface area contributed by atoms with Crippen LogP contribution in [0.15, 0.2) is 0 Å². The monoisotopic (exact) mass is 291 g/mol. The molecule has 2 heterocycles. The molecule has 21 heavy (non-hydrogen) atoms.